The molecule has 6 heteroatoms. The zero-order valence-electron chi connectivity index (χ0n) is 37.3. The third-order valence-electron chi connectivity index (χ3n) is 11.4. The van der Waals surface area contributed by atoms with Crippen molar-refractivity contribution in [3.05, 3.63) is 169 Å². The molecule has 0 unspecified atom stereocenters. The van der Waals surface area contributed by atoms with Gasteiger partial charge in [-0.3, -0.25) is 0 Å². The van der Waals surface area contributed by atoms with Crippen LogP contribution >= 0.6 is 0 Å². The fourth-order valence-electron chi connectivity index (χ4n) is 7.90. The Morgan fingerprint density at radius 2 is 1.23 bits per heavy atom. The van der Waals surface area contributed by atoms with Crippen LogP contribution in [0.3, 0.4) is 0 Å². The summed E-state index contributed by atoms with van der Waals surface area (Å²) in [5.41, 5.74) is 11.8. The van der Waals surface area contributed by atoms with Gasteiger partial charge in [-0.05, 0) is 81.4 Å². The summed E-state index contributed by atoms with van der Waals surface area (Å²) >= 11 is 0. The number of para-hydroxylation sites is 2. The van der Waals surface area contributed by atoms with E-state index in [-0.39, 0.29) is 42.7 Å². The molecule has 0 aliphatic carbocycles. The Bertz CT molecular complexity index is 2700. The number of benzene rings is 5. The Labute approximate surface area is 373 Å². The maximum absolute atomic E-state index is 4.96. The molecule has 0 fully saturated rings. The number of anilines is 5. The molecule has 0 atom stereocenters. The van der Waals surface area contributed by atoms with E-state index in [1.807, 2.05) is 6.20 Å². The van der Waals surface area contributed by atoms with E-state index in [1.165, 1.54) is 27.8 Å². The van der Waals surface area contributed by atoms with E-state index < -0.39 is 0 Å². The summed E-state index contributed by atoms with van der Waals surface area (Å²) in [6.07, 6.45) is 4.22. The molecule has 0 saturated heterocycles. The van der Waals surface area contributed by atoms with E-state index >= 15 is 0 Å². The smallest absolute Gasteiger partial charge is 0.135 e. The molecule has 60 heavy (non-hydrogen) atoms. The summed E-state index contributed by atoms with van der Waals surface area (Å²) in [4.78, 5) is 11.9. The van der Waals surface area contributed by atoms with Gasteiger partial charge < -0.3 is 19.3 Å². The van der Waals surface area contributed by atoms with Crippen LogP contribution in [0.5, 0.6) is 0 Å². The van der Waals surface area contributed by atoms with Crippen molar-refractivity contribution in [2.75, 3.05) is 14.7 Å². The molecule has 7 aromatic rings. The number of allylic oxidation sites excluding steroid dienone is 1. The Kier molecular flexibility index (Phi) is 11.3. The monoisotopic (exact) mass is 971 g/mol. The van der Waals surface area contributed by atoms with Gasteiger partial charge in [0.25, 0.3) is 0 Å². The van der Waals surface area contributed by atoms with E-state index in [9.17, 15) is 0 Å². The average Bonchev–Trinajstić information content (AvgIpc) is 3.79. The topological polar surface area (TPSA) is 27.5 Å². The molecule has 0 radical (unpaired) electrons. The third kappa shape index (κ3) is 8.31. The maximum Gasteiger partial charge on any atom is 0.135 e. The molecular formula is C54H58N5Pt-3. The molecule has 1 aliphatic heterocycles. The van der Waals surface area contributed by atoms with E-state index in [1.54, 1.807) is 0 Å². The standard InChI is InChI=1S/C54H58N5.Pt/c1-51(2,3)37-19-18-22-41(29-37)56-35-49(54(10,11)12)57(36-56)43-30-39(53(7,8)9)31-44(33-43)58(40-20-14-13-15-21-40)42-25-26-46-45-23-16-17-24-47(45)59(48(46)34-42)50-32-38(27-28-55-50)52(4,5)6;/h13-32,35-36H,1-12H3;/q-3;. The zero-order chi connectivity index (χ0) is 42.1. The molecule has 0 N–H and O–H groups in total. The van der Waals surface area contributed by atoms with Gasteiger partial charge in [-0.1, -0.05) is 149 Å². The number of rotatable bonds is 6. The van der Waals surface area contributed by atoms with Crippen molar-refractivity contribution >= 4 is 50.2 Å². The Morgan fingerprint density at radius 3 is 1.92 bits per heavy atom. The van der Waals surface area contributed by atoms with Crippen molar-refractivity contribution in [1.29, 1.82) is 0 Å². The molecule has 3 heterocycles. The second-order valence-electron chi connectivity index (χ2n) is 20.1. The number of hydrogen-bond acceptors (Lipinski definition) is 4. The van der Waals surface area contributed by atoms with Crippen LogP contribution in [0.1, 0.15) is 99.8 Å². The molecule has 5 aromatic carbocycles. The van der Waals surface area contributed by atoms with Crippen molar-refractivity contribution in [1.82, 2.24) is 9.55 Å². The van der Waals surface area contributed by atoms with Crippen LogP contribution in [0.2, 0.25) is 0 Å². The molecule has 8 rings (SSSR count). The van der Waals surface area contributed by atoms with Crippen LogP contribution < -0.4 is 14.7 Å². The van der Waals surface area contributed by atoms with Gasteiger partial charge in [0.1, 0.15) is 5.82 Å². The minimum atomic E-state index is -0.150. The van der Waals surface area contributed by atoms with Gasteiger partial charge >= 0.3 is 0 Å². The predicted octanol–water partition coefficient (Wildman–Crippen LogP) is 14.5. The van der Waals surface area contributed by atoms with Crippen LogP contribution in [0.15, 0.2) is 133 Å². The first kappa shape index (κ1) is 43.0. The number of aromatic nitrogens is 2. The van der Waals surface area contributed by atoms with Crippen LogP contribution in [0.4, 0.5) is 28.4 Å². The van der Waals surface area contributed by atoms with Crippen LogP contribution in [0, 0.1) is 24.2 Å². The van der Waals surface area contributed by atoms with Crippen molar-refractivity contribution in [3.63, 3.8) is 0 Å². The first-order valence-corrected chi connectivity index (χ1v) is 20.9. The molecule has 0 spiro atoms. The first-order chi connectivity index (χ1) is 27.8. The van der Waals surface area contributed by atoms with Crippen molar-refractivity contribution in [3.8, 4) is 5.82 Å². The summed E-state index contributed by atoms with van der Waals surface area (Å²) < 4.78 is 2.27. The summed E-state index contributed by atoms with van der Waals surface area (Å²) in [6.45, 7) is 29.5. The quantitative estimate of drug-likeness (QED) is 0.155. The molecule has 2 aromatic heterocycles. The maximum atomic E-state index is 4.96. The molecule has 1 aliphatic rings. The van der Waals surface area contributed by atoms with E-state index in [4.69, 9.17) is 4.98 Å². The largest absolute Gasteiger partial charge is 0.497 e. The van der Waals surface area contributed by atoms with E-state index in [0.717, 1.165) is 50.7 Å². The average molecular weight is 972 g/mol. The van der Waals surface area contributed by atoms with Gasteiger partial charge in [-0.25, -0.2) is 4.98 Å². The van der Waals surface area contributed by atoms with Gasteiger partial charge in [0.15, 0.2) is 0 Å². The molecule has 0 amide bonds. The van der Waals surface area contributed by atoms with Crippen LogP contribution in [0.25, 0.3) is 27.6 Å². The number of hydrogen-bond donors (Lipinski definition) is 0. The van der Waals surface area contributed by atoms with Gasteiger partial charge in [-0.2, -0.15) is 6.07 Å². The SMILES string of the molecule is CC(C)(C)C1=CN(c2cccc(C(C)(C)C)c2)[CH-]N1c1[c-]c(N(c2[c-]c3c(cc2)c2ccccc2n3-c2cc(C(C)(C)C)ccn2)c2ccccc2)cc(C(C)(C)C)c1.[Pt]. The third-order valence-corrected chi connectivity index (χ3v) is 11.4. The van der Waals surface area contributed by atoms with Crippen LogP contribution in [-0.4, -0.2) is 9.55 Å². The first-order valence-electron chi connectivity index (χ1n) is 20.9. The minimum Gasteiger partial charge on any atom is -0.497 e. The van der Waals surface area contributed by atoms with Crippen LogP contribution in [-0.2, 0) is 37.3 Å². The molecule has 5 nitrogen and oxygen atoms in total. The van der Waals surface area contributed by atoms with Gasteiger partial charge in [-0.15, -0.1) is 53.6 Å². The molecular weight excluding hydrogens is 914 g/mol. The molecule has 0 bridgehead atoms. The molecule has 312 valence electrons. The van der Waals surface area contributed by atoms with Gasteiger partial charge in [0.2, 0.25) is 0 Å². The van der Waals surface area contributed by atoms with E-state index in [2.05, 4.69) is 243 Å². The predicted molar refractivity (Wildman–Crippen MR) is 250 cm³/mol. The summed E-state index contributed by atoms with van der Waals surface area (Å²) in [6, 6.07) is 49.5. The normalized spacial score (nSPS) is 13.8. The number of pyridine rings is 1. The second kappa shape index (κ2) is 15.7. The summed E-state index contributed by atoms with van der Waals surface area (Å²) in [5, 5.41) is 2.31. The summed E-state index contributed by atoms with van der Waals surface area (Å²) in [5.74, 6) is 0.885. The summed E-state index contributed by atoms with van der Waals surface area (Å²) in [7, 11) is 0. The fourth-order valence-corrected chi connectivity index (χ4v) is 7.90. The Morgan fingerprint density at radius 1 is 0.567 bits per heavy atom. The van der Waals surface area contributed by atoms with E-state index in [0.29, 0.717) is 0 Å². The number of fused-ring (bicyclic) bond motifs is 3. The molecule has 0 saturated carbocycles. The van der Waals surface area contributed by atoms with Crippen molar-refractivity contribution < 1.29 is 21.1 Å². The van der Waals surface area contributed by atoms with Crippen molar-refractivity contribution in [2.45, 2.75) is 99.3 Å². The van der Waals surface area contributed by atoms with Crippen molar-refractivity contribution in [2.24, 2.45) is 5.41 Å². The number of nitrogens with zero attached hydrogens (tertiary/aromatic N) is 5. The van der Waals surface area contributed by atoms with Gasteiger partial charge in [0, 0.05) is 55.3 Å². The second-order valence-corrected chi connectivity index (χ2v) is 20.1. The zero-order valence-corrected chi connectivity index (χ0v) is 39.5. The fraction of sp³-hybridized carbons (Fsp3) is 0.296. The minimum absolute atomic E-state index is 0. The Balaban J connectivity index is 0.00000544. The Hall–Kier alpha value is -5.12. The van der Waals surface area contributed by atoms with Gasteiger partial charge in [0.05, 0.1) is 0 Å².